The Bertz CT molecular complexity index is 2050. The molecular formula is C86H153NO13. The molecule has 0 aliphatic carbocycles. The predicted molar refractivity (Wildman–Crippen MR) is 415 cm³/mol. The third-order valence-electron chi connectivity index (χ3n) is 19.8. The Balaban J connectivity index is 1.58. The maximum absolute atomic E-state index is 13.4. The lowest BCUT2D eigenvalue weighted by Crippen LogP contribution is -2.65. The van der Waals surface area contributed by atoms with Gasteiger partial charge in [-0.25, -0.2) is 0 Å². The quantitative estimate of drug-likeness (QED) is 0.0204. The van der Waals surface area contributed by atoms with E-state index in [0.29, 0.717) is 12.8 Å². The van der Waals surface area contributed by atoms with Gasteiger partial charge in [-0.15, -0.1) is 0 Å². The minimum Gasteiger partial charge on any atom is -0.394 e. The van der Waals surface area contributed by atoms with Crippen LogP contribution in [0.2, 0.25) is 0 Å². The monoisotopic (exact) mass is 1410 g/mol. The molecule has 2 aliphatic heterocycles. The van der Waals surface area contributed by atoms with Gasteiger partial charge in [-0.05, 0) is 83.5 Å². The van der Waals surface area contributed by atoms with Crippen LogP contribution in [-0.2, 0) is 23.7 Å². The molecule has 2 aliphatic rings. The van der Waals surface area contributed by atoms with E-state index in [9.17, 15) is 45.6 Å². The Hall–Kier alpha value is -3.09. The van der Waals surface area contributed by atoms with Gasteiger partial charge in [0, 0.05) is 6.42 Å². The SMILES string of the molecule is CC/C=C\C/C=C\C/C=C\C/C=C\C/C=C\C/C=C\CCCCCCCCCCCCCCCCCCCCCCCCC(=O)NC(COC1OC(CO)C(OC2OC(CO)C(O)C(O)C2O)C(O)C1O)C(O)/C=C/CC/C=C/CCCCCCCCCCCCCCCCCCCCC. The van der Waals surface area contributed by atoms with E-state index in [2.05, 4.69) is 104 Å². The van der Waals surface area contributed by atoms with Crippen molar-refractivity contribution in [2.45, 2.75) is 421 Å². The molecule has 2 saturated heterocycles. The zero-order valence-corrected chi connectivity index (χ0v) is 63.7. The van der Waals surface area contributed by atoms with Gasteiger partial charge in [-0.3, -0.25) is 4.79 Å². The highest BCUT2D eigenvalue weighted by atomic mass is 16.7. The number of nitrogens with one attached hydrogen (secondary N) is 1. The number of carbonyl (C=O) groups is 1. The Kier molecular flexibility index (Phi) is 64.1. The fraction of sp³-hybridized carbons (Fsp3) is 0.802. The van der Waals surface area contributed by atoms with E-state index >= 15 is 0 Å². The summed E-state index contributed by atoms with van der Waals surface area (Å²) in [5, 5.41) is 87.7. The van der Waals surface area contributed by atoms with Crippen molar-refractivity contribution in [2.75, 3.05) is 19.8 Å². The van der Waals surface area contributed by atoms with Crippen LogP contribution in [0.5, 0.6) is 0 Å². The lowest BCUT2D eigenvalue weighted by Gasteiger charge is -2.46. The molecule has 0 radical (unpaired) electrons. The number of aliphatic hydroxyl groups is 8. The standard InChI is InChI=1S/C86H153NO13/c1-3-5-7-9-11-13-15-17-19-21-23-25-27-29-30-31-32-33-34-35-36-37-38-39-40-41-42-43-44-46-48-50-52-54-56-58-60-62-64-66-68-70-78(91)87-74(73-97-85-83(96)81(94)84(77(72-89)99-85)100-86-82(95)80(93)79(92)76(71-88)98-86)75(90)69-67-65-63-61-59-57-55-53-51-49-47-45-28-26-24-22-20-18-16-14-12-10-8-6-4-2/h5,7,11,13,17,19,23,25,29-30,32-33,59,61,67,69,74-77,79-86,88-90,92-96H,3-4,6,8-10,12,14-16,18,20-22,24,26-28,31,34-58,60,62-66,68,70-73H2,1-2H3,(H,87,91)/b7-5-,13-11-,19-17-,25-23-,30-29-,33-32-,61-59+,69-67+. The van der Waals surface area contributed by atoms with Crippen LogP contribution >= 0.6 is 0 Å². The van der Waals surface area contributed by atoms with E-state index in [1.54, 1.807) is 6.08 Å². The van der Waals surface area contributed by atoms with Crippen molar-refractivity contribution >= 4 is 5.91 Å². The van der Waals surface area contributed by atoms with Crippen molar-refractivity contribution in [3.8, 4) is 0 Å². The fourth-order valence-corrected chi connectivity index (χ4v) is 13.3. The van der Waals surface area contributed by atoms with Crippen LogP contribution in [0, 0.1) is 0 Å². The number of carbonyl (C=O) groups excluding carboxylic acids is 1. The first-order valence-corrected chi connectivity index (χ1v) is 41.5. The van der Waals surface area contributed by atoms with E-state index < -0.39 is 86.8 Å². The third kappa shape index (κ3) is 51.2. The number of amides is 1. The first-order chi connectivity index (χ1) is 49.1. The van der Waals surface area contributed by atoms with E-state index in [0.717, 1.165) is 70.6 Å². The van der Waals surface area contributed by atoms with Crippen LogP contribution in [0.1, 0.15) is 348 Å². The highest BCUT2D eigenvalue weighted by Gasteiger charge is 2.51. The van der Waals surface area contributed by atoms with Gasteiger partial charge in [0.15, 0.2) is 12.6 Å². The topological polar surface area (TPSA) is 228 Å². The molecule has 2 rings (SSSR count). The second kappa shape index (κ2) is 69.0. The van der Waals surface area contributed by atoms with Gasteiger partial charge in [0.1, 0.15) is 48.8 Å². The molecule has 0 aromatic heterocycles. The summed E-state index contributed by atoms with van der Waals surface area (Å²) < 4.78 is 22.9. The number of hydrogen-bond acceptors (Lipinski definition) is 13. The molecule has 0 aromatic carbocycles. The molecule has 0 aromatic rings. The summed E-state index contributed by atoms with van der Waals surface area (Å²) in [4.78, 5) is 13.4. The largest absolute Gasteiger partial charge is 0.394 e. The molecule has 12 atom stereocenters. The average Bonchev–Trinajstić information content (AvgIpc) is 0.791. The Morgan fingerprint density at radius 1 is 0.370 bits per heavy atom. The Labute approximate surface area is 611 Å². The van der Waals surface area contributed by atoms with E-state index in [4.69, 9.17) is 18.9 Å². The van der Waals surface area contributed by atoms with Crippen LogP contribution in [-0.4, -0.2) is 140 Å². The molecule has 14 heteroatoms. The molecule has 9 N–H and O–H groups in total. The zero-order valence-electron chi connectivity index (χ0n) is 63.7. The maximum Gasteiger partial charge on any atom is 0.220 e. The Morgan fingerprint density at radius 3 is 1.10 bits per heavy atom. The lowest BCUT2D eigenvalue weighted by atomic mass is 9.97. The zero-order chi connectivity index (χ0) is 72.2. The summed E-state index contributed by atoms with van der Waals surface area (Å²) >= 11 is 0. The highest BCUT2D eigenvalue weighted by molar-refractivity contribution is 5.76. The summed E-state index contributed by atoms with van der Waals surface area (Å²) in [6.45, 7) is 2.71. The maximum atomic E-state index is 13.4. The molecule has 0 bridgehead atoms. The van der Waals surface area contributed by atoms with Gasteiger partial charge in [0.2, 0.25) is 5.91 Å². The van der Waals surface area contributed by atoms with Crippen LogP contribution in [0.25, 0.3) is 0 Å². The third-order valence-corrected chi connectivity index (χ3v) is 19.8. The van der Waals surface area contributed by atoms with E-state index in [1.165, 1.54) is 244 Å². The van der Waals surface area contributed by atoms with Crippen molar-refractivity contribution in [3.05, 3.63) is 97.2 Å². The van der Waals surface area contributed by atoms with E-state index in [1.807, 2.05) is 6.08 Å². The molecule has 100 heavy (non-hydrogen) atoms. The molecule has 0 saturated carbocycles. The van der Waals surface area contributed by atoms with Crippen LogP contribution in [0.3, 0.4) is 0 Å². The van der Waals surface area contributed by atoms with E-state index in [-0.39, 0.29) is 18.9 Å². The molecular weight excluding hydrogens is 1250 g/mol. The number of unbranched alkanes of at least 4 members (excludes halogenated alkanes) is 42. The second-order valence-electron chi connectivity index (χ2n) is 28.9. The summed E-state index contributed by atoms with van der Waals surface area (Å²) in [6.07, 6.45) is 82.2. The average molecular weight is 1410 g/mol. The van der Waals surface area contributed by atoms with Gasteiger partial charge in [0.05, 0.1) is 32.0 Å². The lowest BCUT2D eigenvalue weighted by molar-refractivity contribution is -0.359. The minimum atomic E-state index is -1.79. The van der Waals surface area contributed by atoms with Crippen LogP contribution in [0.15, 0.2) is 97.2 Å². The normalized spacial score (nSPS) is 22.3. The van der Waals surface area contributed by atoms with Crippen molar-refractivity contribution in [1.82, 2.24) is 5.32 Å². The first kappa shape index (κ1) is 93.0. The summed E-state index contributed by atoms with van der Waals surface area (Å²) in [5.41, 5.74) is 0. The molecule has 12 unspecified atom stereocenters. The van der Waals surface area contributed by atoms with Crippen molar-refractivity contribution in [1.29, 1.82) is 0 Å². The summed E-state index contributed by atoms with van der Waals surface area (Å²) in [5.74, 6) is -0.245. The van der Waals surface area contributed by atoms with Crippen molar-refractivity contribution in [3.63, 3.8) is 0 Å². The number of aliphatic hydroxyl groups excluding tert-OH is 8. The molecule has 580 valence electrons. The fourth-order valence-electron chi connectivity index (χ4n) is 13.3. The highest BCUT2D eigenvalue weighted by Crippen LogP contribution is 2.30. The van der Waals surface area contributed by atoms with Crippen molar-refractivity contribution < 1.29 is 64.6 Å². The van der Waals surface area contributed by atoms with Crippen molar-refractivity contribution in [2.24, 2.45) is 0 Å². The number of ether oxygens (including phenoxy) is 4. The van der Waals surface area contributed by atoms with Crippen LogP contribution in [0.4, 0.5) is 0 Å². The summed E-state index contributed by atoms with van der Waals surface area (Å²) in [6, 6.07) is -0.936. The number of rotatable bonds is 69. The molecule has 0 spiro atoms. The smallest absolute Gasteiger partial charge is 0.220 e. The van der Waals surface area contributed by atoms with Gasteiger partial charge in [0.25, 0.3) is 0 Å². The van der Waals surface area contributed by atoms with Gasteiger partial charge in [-0.1, -0.05) is 355 Å². The van der Waals surface area contributed by atoms with Crippen LogP contribution < -0.4 is 5.32 Å². The Morgan fingerprint density at radius 2 is 0.700 bits per heavy atom. The molecule has 2 heterocycles. The number of allylic oxidation sites excluding steroid dienone is 15. The minimum absolute atomic E-state index is 0.245. The first-order valence-electron chi connectivity index (χ1n) is 41.5. The molecule has 2 fully saturated rings. The van der Waals surface area contributed by atoms with Gasteiger partial charge >= 0.3 is 0 Å². The number of hydrogen-bond donors (Lipinski definition) is 9. The summed E-state index contributed by atoms with van der Waals surface area (Å²) in [7, 11) is 0. The predicted octanol–water partition coefficient (Wildman–Crippen LogP) is 19.2. The van der Waals surface area contributed by atoms with Gasteiger partial charge in [-0.2, -0.15) is 0 Å². The van der Waals surface area contributed by atoms with Gasteiger partial charge < -0.3 is 65.1 Å². The molecule has 14 nitrogen and oxygen atoms in total. The second-order valence-corrected chi connectivity index (χ2v) is 28.9. The molecule has 1 amide bonds.